The molecule has 0 spiro atoms. The molecule has 3 aromatic rings. The van der Waals surface area contributed by atoms with Crippen molar-refractivity contribution in [1.82, 2.24) is 5.32 Å². The van der Waals surface area contributed by atoms with E-state index in [2.05, 4.69) is 14.8 Å². The zero-order chi connectivity index (χ0) is 44.0. The first-order valence-corrected chi connectivity index (χ1v) is 23.7. The molecule has 0 aliphatic carbocycles. The minimum atomic E-state index is -5.22. The van der Waals surface area contributed by atoms with Crippen LogP contribution in [0.4, 0.5) is 16.2 Å². The van der Waals surface area contributed by atoms with Crippen molar-refractivity contribution in [2.45, 2.75) is 93.7 Å². The summed E-state index contributed by atoms with van der Waals surface area (Å²) in [7, 11) is -4.41. The van der Waals surface area contributed by atoms with E-state index in [0.29, 0.717) is 36.0 Å². The summed E-state index contributed by atoms with van der Waals surface area (Å²) >= 11 is -3.87. The molecule has 0 saturated carbocycles. The molecule has 3 aromatic carbocycles. The van der Waals surface area contributed by atoms with Gasteiger partial charge in [0.15, 0.2) is 16.1 Å². The first kappa shape index (κ1) is 47.6. The monoisotopic (exact) mass is 902 g/mol. The van der Waals surface area contributed by atoms with Crippen LogP contribution in [0.2, 0.25) is 0 Å². The fourth-order valence-electron chi connectivity index (χ4n) is 7.71. The summed E-state index contributed by atoms with van der Waals surface area (Å²) in [6, 6.07) is 19.4. The number of carbonyl (C=O) groups excluding carboxylic acids is 1. The lowest BCUT2D eigenvalue weighted by Crippen LogP contribution is -2.65. The summed E-state index contributed by atoms with van der Waals surface area (Å²) in [5, 5.41) is 29.1. The highest BCUT2D eigenvalue weighted by Gasteiger charge is 2.51. The molecule has 2 heterocycles. The standard InChI is InChI=1S/C39H55N3O15S3/c1-6-8-19-39(7-2)24-58(46,47)31-18-17-28(42(3)4)21-29(31)32(36(39)44)26-15-12-16-27(20-26)40-38(45)41-37-33(43)35(54-22-25-13-10-9-11-14-25)34(57-59(48,49)50)30(56-37)23-55-60(51,52)53-5/h9-18,20-21,30,32-37,43-44,51-52H,6-8,19,22-24H2,1-5H3,(H2,40,41,45)(H,48,49,50)/p+1/t30-,32-,33-,34-,35-,36-,37-,39-/m1/s1. The van der Waals surface area contributed by atoms with E-state index in [4.69, 9.17) is 22.4 Å². The van der Waals surface area contributed by atoms with E-state index in [9.17, 15) is 40.9 Å². The Morgan fingerprint density at radius 2 is 1.73 bits per heavy atom. The van der Waals surface area contributed by atoms with E-state index in [-0.39, 0.29) is 22.9 Å². The zero-order valence-corrected chi connectivity index (χ0v) is 36.4. The van der Waals surface area contributed by atoms with E-state index < -0.39 is 92.1 Å². The Labute approximate surface area is 352 Å². The summed E-state index contributed by atoms with van der Waals surface area (Å²) in [4.78, 5) is 15.7. The van der Waals surface area contributed by atoms with Gasteiger partial charge in [0.1, 0.15) is 31.0 Å². The van der Waals surface area contributed by atoms with Crippen molar-refractivity contribution in [2.24, 2.45) is 5.41 Å². The van der Waals surface area contributed by atoms with Gasteiger partial charge in [0, 0.05) is 36.8 Å². The Morgan fingerprint density at radius 1 is 1.02 bits per heavy atom. The summed E-state index contributed by atoms with van der Waals surface area (Å²) in [6.45, 7) is 2.92. The average Bonchev–Trinajstić information content (AvgIpc) is 3.26. The van der Waals surface area contributed by atoms with Crippen LogP contribution >= 0.6 is 11.2 Å². The van der Waals surface area contributed by atoms with Crippen molar-refractivity contribution in [1.29, 1.82) is 0 Å². The Bertz CT molecular complexity index is 2150. The number of rotatable bonds is 17. The summed E-state index contributed by atoms with van der Waals surface area (Å²) in [6.07, 6.45) is -7.30. The van der Waals surface area contributed by atoms with Crippen molar-refractivity contribution in [3.05, 3.63) is 89.5 Å². The number of hydrogen-bond donors (Lipinski definition) is 6. The van der Waals surface area contributed by atoms with Gasteiger partial charge < -0.3 is 39.8 Å². The van der Waals surface area contributed by atoms with Crippen LogP contribution < -0.4 is 15.5 Å². The lowest BCUT2D eigenvalue weighted by atomic mass is 9.69. The molecule has 21 heteroatoms. The number of nitrogens with zero attached hydrogens (tertiary/aromatic N) is 1. The third-order valence-corrected chi connectivity index (χ3v) is 14.3. The van der Waals surface area contributed by atoms with Crippen LogP contribution in [0.5, 0.6) is 0 Å². The number of urea groups is 1. The van der Waals surface area contributed by atoms with Crippen LogP contribution in [0.1, 0.15) is 62.1 Å². The molecule has 1 fully saturated rings. The van der Waals surface area contributed by atoms with Crippen LogP contribution in [0.25, 0.3) is 0 Å². The number of unbranched alkanes of at least 4 members (excludes halogenated alkanes) is 1. The van der Waals surface area contributed by atoms with Crippen LogP contribution in [0.3, 0.4) is 0 Å². The number of carbonyl (C=O) groups is 1. The number of anilines is 2. The Morgan fingerprint density at radius 3 is 2.37 bits per heavy atom. The molecule has 2 aliphatic rings. The van der Waals surface area contributed by atoms with Gasteiger partial charge in [0.2, 0.25) is 0 Å². The molecule has 18 nitrogen and oxygen atoms in total. The van der Waals surface area contributed by atoms with Gasteiger partial charge in [-0.3, -0.25) is 4.55 Å². The Kier molecular flexibility index (Phi) is 15.7. The fourth-order valence-corrected chi connectivity index (χ4v) is 10.9. The highest BCUT2D eigenvalue weighted by atomic mass is 32.3. The second-order valence-corrected chi connectivity index (χ2v) is 19.6. The molecule has 1 saturated heterocycles. The Hall–Kier alpha value is -3.42. The fraction of sp³-hybridized carbons (Fsp3) is 0.513. The molecule has 2 amide bonds. The zero-order valence-electron chi connectivity index (χ0n) is 34.0. The van der Waals surface area contributed by atoms with Crippen molar-refractivity contribution in [3.8, 4) is 0 Å². The minimum Gasteiger partial charge on any atom is -0.392 e. The van der Waals surface area contributed by atoms with Crippen LogP contribution in [-0.4, -0.2) is 117 Å². The topological polar surface area (TPSA) is 263 Å². The Balaban J connectivity index is 1.47. The third kappa shape index (κ3) is 11.5. The van der Waals surface area contributed by atoms with Crippen molar-refractivity contribution in [2.75, 3.05) is 43.8 Å². The maximum absolute atomic E-state index is 14.1. The van der Waals surface area contributed by atoms with E-state index in [1.165, 1.54) is 0 Å². The smallest absolute Gasteiger partial charge is 0.392 e. The molecule has 9 atom stereocenters. The number of amides is 2. The molecule has 1 unspecified atom stereocenters. The normalized spacial score (nSPS) is 28.1. The highest BCUT2D eigenvalue weighted by molar-refractivity contribution is 8.15. The highest BCUT2D eigenvalue weighted by Crippen LogP contribution is 2.49. The number of sulfone groups is 1. The summed E-state index contributed by atoms with van der Waals surface area (Å²) in [5.74, 6) is -1.06. The first-order chi connectivity index (χ1) is 28.2. The average molecular weight is 903 g/mol. The van der Waals surface area contributed by atoms with Crippen molar-refractivity contribution >= 4 is 48.8 Å². The van der Waals surface area contributed by atoms with Gasteiger partial charge in [-0.25, -0.2) is 30.3 Å². The number of nitrogens with one attached hydrogen (secondary N) is 2. The quantitative estimate of drug-likeness (QED) is 0.0826. The van der Waals surface area contributed by atoms with Crippen molar-refractivity contribution < 1.29 is 67.5 Å². The number of fused-ring (bicyclic) bond motifs is 1. The lowest BCUT2D eigenvalue weighted by molar-refractivity contribution is -0.240. The van der Waals surface area contributed by atoms with Crippen molar-refractivity contribution in [3.63, 3.8) is 0 Å². The molecular formula is C39H56N3O15S3+. The van der Waals surface area contributed by atoms with Gasteiger partial charge in [0.25, 0.3) is 0 Å². The first-order valence-electron chi connectivity index (χ1n) is 19.3. The van der Waals surface area contributed by atoms with E-state index in [1.807, 2.05) is 32.8 Å². The second kappa shape index (κ2) is 19.7. The summed E-state index contributed by atoms with van der Waals surface area (Å²) < 4.78 is 106. The molecule has 8 N–H and O–H groups in total. The molecule has 60 heavy (non-hydrogen) atoms. The van der Waals surface area contributed by atoms with E-state index in [1.54, 1.807) is 72.8 Å². The predicted octanol–water partition coefficient (Wildman–Crippen LogP) is 4.01. The van der Waals surface area contributed by atoms with Crippen LogP contribution in [-0.2, 0) is 48.9 Å². The molecular weight excluding hydrogens is 847 g/mol. The second-order valence-electron chi connectivity index (χ2n) is 15.1. The number of aliphatic hydroxyl groups is 2. The van der Waals surface area contributed by atoms with Gasteiger partial charge in [-0.1, -0.05) is 69.2 Å². The summed E-state index contributed by atoms with van der Waals surface area (Å²) in [5.41, 5.74) is 1.53. The number of benzene rings is 3. The molecule has 0 aromatic heterocycles. The molecule has 5 rings (SSSR count). The largest absolute Gasteiger partial charge is 0.397 e. The number of hydrogen-bond acceptors (Lipinski definition) is 14. The van der Waals surface area contributed by atoms with Gasteiger partial charge in [-0.15, -0.1) is 0 Å². The van der Waals surface area contributed by atoms with Gasteiger partial charge >= 0.3 is 27.6 Å². The molecule has 334 valence electrons. The maximum atomic E-state index is 14.1. The SMILES string of the molecule is CCCC[C@]1(CC)CS(=O)(=O)c2ccc(N(C)C)cc2[C@@H](c2cccc(NC(=O)N[C@@H]3O[C@H](COS(O)([OH2+])OC)[C@@H](OS(=O)(=O)O)[C@H](OCc4ccccc4)[C@H]3O)c2)[C@H]1O. The lowest BCUT2D eigenvalue weighted by Gasteiger charge is -2.43. The molecule has 2 aliphatic heterocycles. The van der Waals surface area contributed by atoms with E-state index in [0.717, 1.165) is 19.2 Å². The van der Waals surface area contributed by atoms with Crippen LogP contribution in [0.15, 0.2) is 77.7 Å². The molecule has 0 bridgehead atoms. The third-order valence-electron chi connectivity index (χ3n) is 10.9. The molecule has 0 radical (unpaired) electrons. The van der Waals surface area contributed by atoms with E-state index >= 15 is 0 Å². The number of ether oxygens (including phenoxy) is 2. The maximum Gasteiger partial charge on any atom is 0.397 e. The van der Waals surface area contributed by atoms with Gasteiger partial charge in [-0.05, 0) is 59.9 Å². The van der Waals surface area contributed by atoms with Gasteiger partial charge in [0.05, 0.1) is 30.5 Å². The van der Waals surface area contributed by atoms with Gasteiger partial charge in [-0.2, -0.15) is 8.42 Å². The minimum absolute atomic E-state index is 0.123. The van der Waals surface area contributed by atoms with Crippen LogP contribution in [0, 0.1) is 5.41 Å². The predicted molar refractivity (Wildman–Crippen MR) is 224 cm³/mol. The number of aliphatic hydroxyl groups excluding tert-OH is 2.